The third-order valence-corrected chi connectivity index (χ3v) is 5.13. The van der Waals surface area contributed by atoms with Crippen LogP contribution in [0.15, 0.2) is 65.6 Å². The summed E-state index contributed by atoms with van der Waals surface area (Å²) in [7, 11) is 0. The Kier molecular flexibility index (Phi) is 4.57. The van der Waals surface area contributed by atoms with Gasteiger partial charge in [-0.1, -0.05) is 24.3 Å². The number of nitrogens with zero attached hydrogens (tertiary/aromatic N) is 4. The first-order chi connectivity index (χ1) is 14.3. The molecule has 146 valence electrons. The minimum absolute atomic E-state index is 0.0352. The molecule has 7 heteroatoms. The summed E-state index contributed by atoms with van der Waals surface area (Å²) in [6.45, 7) is 2.95. The standard InChI is InChI=1S/C22H20N4O3/c27-20(17-3-1-16(2-4-17)18-6-10-29-15-18)13-19-14-22(25-8-11-28-12-9-25)26-21(24-19)5-7-23-26/h1-7,10,14-15H,8-9,11-13H2. The van der Waals surface area contributed by atoms with Crippen LogP contribution < -0.4 is 4.90 Å². The second-order valence-corrected chi connectivity index (χ2v) is 7.00. The Hall–Kier alpha value is -3.45. The number of carbonyl (C=O) groups is 1. The fourth-order valence-electron chi connectivity index (χ4n) is 3.60. The zero-order valence-corrected chi connectivity index (χ0v) is 15.8. The van der Waals surface area contributed by atoms with Crippen molar-refractivity contribution in [2.24, 2.45) is 0 Å². The number of anilines is 1. The van der Waals surface area contributed by atoms with Crippen molar-refractivity contribution in [1.29, 1.82) is 0 Å². The van der Waals surface area contributed by atoms with Crippen LogP contribution in [0, 0.1) is 0 Å². The fourth-order valence-corrected chi connectivity index (χ4v) is 3.60. The van der Waals surface area contributed by atoms with Crippen molar-refractivity contribution in [3.8, 4) is 11.1 Å². The van der Waals surface area contributed by atoms with Gasteiger partial charge < -0.3 is 14.1 Å². The number of Topliss-reactive ketones (excluding diaryl/α,β-unsaturated/α-hetero) is 1. The molecule has 0 aliphatic carbocycles. The predicted octanol–water partition coefficient (Wildman–Crippen LogP) is 3.25. The molecule has 1 fully saturated rings. The number of fused-ring (bicyclic) bond motifs is 1. The number of benzene rings is 1. The highest BCUT2D eigenvalue weighted by Gasteiger charge is 2.18. The van der Waals surface area contributed by atoms with Crippen LogP contribution >= 0.6 is 0 Å². The van der Waals surface area contributed by atoms with E-state index in [0.717, 1.165) is 41.4 Å². The van der Waals surface area contributed by atoms with Crippen molar-refractivity contribution in [2.45, 2.75) is 6.42 Å². The van der Waals surface area contributed by atoms with Crippen LogP contribution in [0.5, 0.6) is 0 Å². The minimum atomic E-state index is 0.0352. The van der Waals surface area contributed by atoms with Gasteiger partial charge in [0, 0.05) is 36.3 Å². The molecule has 0 bridgehead atoms. The molecule has 1 aliphatic rings. The van der Waals surface area contributed by atoms with Crippen LogP contribution in [0.2, 0.25) is 0 Å². The summed E-state index contributed by atoms with van der Waals surface area (Å²) in [5.41, 5.74) is 4.16. The Morgan fingerprint density at radius 1 is 1.03 bits per heavy atom. The van der Waals surface area contributed by atoms with E-state index in [1.807, 2.05) is 47.0 Å². The molecule has 0 radical (unpaired) electrons. The lowest BCUT2D eigenvalue weighted by molar-refractivity contribution is 0.0992. The Labute approximate surface area is 167 Å². The van der Waals surface area contributed by atoms with Crippen LogP contribution in [0.1, 0.15) is 16.1 Å². The van der Waals surface area contributed by atoms with Crippen LogP contribution in [0.4, 0.5) is 5.82 Å². The molecule has 0 spiro atoms. The first kappa shape index (κ1) is 17.6. The molecule has 5 rings (SSSR count). The number of hydrogen-bond donors (Lipinski definition) is 0. The minimum Gasteiger partial charge on any atom is -0.472 e. The first-order valence-corrected chi connectivity index (χ1v) is 9.60. The largest absolute Gasteiger partial charge is 0.472 e. The molecule has 0 atom stereocenters. The molecule has 3 aromatic heterocycles. The van der Waals surface area contributed by atoms with E-state index >= 15 is 0 Å². The van der Waals surface area contributed by atoms with Crippen LogP contribution in [-0.2, 0) is 11.2 Å². The first-order valence-electron chi connectivity index (χ1n) is 9.60. The summed E-state index contributed by atoms with van der Waals surface area (Å²) in [5.74, 6) is 0.981. The number of carbonyl (C=O) groups excluding carboxylic acids is 1. The SMILES string of the molecule is O=C(Cc1cc(N2CCOCC2)n2nccc2n1)c1ccc(-c2ccoc2)cc1. The Morgan fingerprint density at radius 2 is 1.86 bits per heavy atom. The molecule has 4 aromatic rings. The van der Waals surface area contributed by atoms with Crippen molar-refractivity contribution in [2.75, 3.05) is 31.2 Å². The zero-order valence-electron chi connectivity index (χ0n) is 15.8. The maximum absolute atomic E-state index is 12.9. The van der Waals surface area contributed by atoms with Gasteiger partial charge in [-0.25, -0.2) is 4.98 Å². The third-order valence-electron chi connectivity index (χ3n) is 5.13. The van der Waals surface area contributed by atoms with Gasteiger partial charge in [-0.2, -0.15) is 9.61 Å². The molecular formula is C22H20N4O3. The highest BCUT2D eigenvalue weighted by Crippen LogP contribution is 2.22. The van der Waals surface area contributed by atoms with Crippen molar-refractivity contribution < 1.29 is 13.9 Å². The average Bonchev–Trinajstić information content (AvgIpc) is 3.46. The predicted molar refractivity (Wildman–Crippen MR) is 108 cm³/mol. The molecule has 0 unspecified atom stereocenters. The summed E-state index contributed by atoms with van der Waals surface area (Å²) in [6.07, 6.45) is 5.30. The van der Waals surface area contributed by atoms with Crippen LogP contribution in [0.25, 0.3) is 16.8 Å². The van der Waals surface area contributed by atoms with Gasteiger partial charge in [0.15, 0.2) is 11.4 Å². The lowest BCUT2D eigenvalue weighted by Gasteiger charge is -2.29. The summed E-state index contributed by atoms with van der Waals surface area (Å²) >= 11 is 0. The fraction of sp³-hybridized carbons (Fsp3) is 0.227. The van der Waals surface area contributed by atoms with Gasteiger partial charge in [0.25, 0.3) is 0 Å². The molecule has 1 aromatic carbocycles. The van der Waals surface area contributed by atoms with Gasteiger partial charge >= 0.3 is 0 Å². The molecule has 4 heterocycles. The van der Waals surface area contributed by atoms with Gasteiger partial charge in [-0.05, 0) is 11.6 Å². The number of rotatable bonds is 5. The maximum Gasteiger partial charge on any atom is 0.168 e. The van der Waals surface area contributed by atoms with Gasteiger partial charge in [-0.3, -0.25) is 4.79 Å². The summed E-state index contributed by atoms with van der Waals surface area (Å²) in [5, 5.41) is 4.39. The van der Waals surface area contributed by atoms with Crippen molar-refractivity contribution >= 4 is 17.2 Å². The highest BCUT2D eigenvalue weighted by molar-refractivity contribution is 5.97. The van der Waals surface area contributed by atoms with Crippen LogP contribution in [0.3, 0.4) is 0 Å². The van der Waals surface area contributed by atoms with E-state index in [1.54, 1.807) is 18.7 Å². The van der Waals surface area contributed by atoms with Crippen LogP contribution in [-0.4, -0.2) is 46.7 Å². The molecule has 1 aliphatic heterocycles. The Morgan fingerprint density at radius 3 is 2.62 bits per heavy atom. The molecule has 7 nitrogen and oxygen atoms in total. The van der Waals surface area contributed by atoms with E-state index in [4.69, 9.17) is 9.15 Å². The Balaban J connectivity index is 1.40. The third kappa shape index (κ3) is 3.52. The number of morpholine rings is 1. The van der Waals surface area contributed by atoms with E-state index in [0.29, 0.717) is 18.8 Å². The van der Waals surface area contributed by atoms with Crippen molar-refractivity contribution in [3.05, 3.63) is 72.4 Å². The average molecular weight is 388 g/mol. The van der Waals surface area contributed by atoms with Gasteiger partial charge in [0.2, 0.25) is 0 Å². The zero-order chi connectivity index (χ0) is 19.6. The molecule has 29 heavy (non-hydrogen) atoms. The van der Waals surface area contributed by atoms with Gasteiger partial charge in [0.05, 0.1) is 44.1 Å². The van der Waals surface area contributed by atoms with Gasteiger partial charge in [0.1, 0.15) is 5.82 Å². The number of ketones is 1. The lowest BCUT2D eigenvalue weighted by Crippen LogP contribution is -2.37. The normalized spacial score (nSPS) is 14.4. The van der Waals surface area contributed by atoms with Crippen molar-refractivity contribution in [3.63, 3.8) is 0 Å². The van der Waals surface area contributed by atoms with E-state index in [9.17, 15) is 4.79 Å². The quantitative estimate of drug-likeness (QED) is 0.489. The second-order valence-electron chi connectivity index (χ2n) is 7.00. The number of ether oxygens (including phenoxy) is 1. The number of furan rings is 1. The lowest BCUT2D eigenvalue weighted by atomic mass is 10.0. The van der Waals surface area contributed by atoms with Gasteiger partial charge in [-0.15, -0.1) is 0 Å². The Bertz CT molecular complexity index is 1130. The molecule has 0 amide bonds. The van der Waals surface area contributed by atoms with E-state index in [2.05, 4.69) is 15.0 Å². The maximum atomic E-state index is 12.9. The molecule has 0 saturated carbocycles. The summed E-state index contributed by atoms with van der Waals surface area (Å²) in [4.78, 5) is 19.7. The second kappa shape index (κ2) is 7.52. The molecule has 1 saturated heterocycles. The number of hydrogen-bond acceptors (Lipinski definition) is 6. The molecule has 0 N–H and O–H groups in total. The number of aromatic nitrogens is 3. The molecular weight excluding hydrogens is 368 g/mol. The monoisotopic (exact) mass is 388 g/mol. The van der Waals surface area contributed by atoms with E-state index in [1.165, 1.54) is 0 Å². The summed E-state index contributed by atoms with van der Waals surface area (Å²) in [6, 6.07) is 13.3. The van der Waals surface area contributed by atoms with E-state index < -0.39 is 0 Å². The highest BCUT2D eigenvalue weighted by atomic mass is 16.5. The van der Waals surface area contributed by atoms with Crippen molar-refractivity contribution in [1.82, 2.24) is 14.6 Å². The summed E-state index contributed by atoms with van der Waals surface area (Å²) < 4.78 is 12.4. The van der Waals surface area contributed by atoms with E-state index in [-0.39, 0.29) is 12.2 Å². The topological polar surface area (TPSA) is 72.9 Å². The smallest absolute Gasteiger partial charge is 0.168 e.